The average molecular weight is 305 g/mol. The number of carbonyl (C=O) groups excluding carboxylic acids is 2. The van der Waals surface area contributed by atoms with E-state index in [1.807, 2.05) is 35.2 Å². The molecule has 1 aliphatic rings. The average Bonchev–Trinajstić information content (AvgIpc) is 2.94. The highest BCUT2D eigenvalue weighted by molar-refractivity contribution is 5.78. The minimum atomic E-state index is -0.204. The molecule has 1 heterocycles. The Morgan fingerprint density at radius 2 is 1.95 bits per heavy atom. The fourth-order valence-corrected chi connectivity index (χ4v) is 2.32. The number of nitrogens with zero attached hydrogens (tertiary/aromatic N) is 1. The van der Waals surface area contributed by atoms with Crippen LogP contribution in [0.25, 0.3) is 0 Å². The van der Waals surface area contributed by atoms with Crippen molar-refractivity contribution < 1.29 is 14.3 Å². The third-order valence-corrected chi connectivity index (χ3v) is 3.46. The van der Waals surface area contributed by atoms with Crippen LogP contribution >= 0.6 is 0 Å². The molecule has 6 heteroatoms. The summed E-state index contributed by atoms with van der Waals surface area (Å²) < 4.78 is 5.47. The van der Waals surface area contributed by atoms with Gasteiger partial charge in [0.05, 0.1) is 6.54 Å². The molecule has 120 valence electrons. The van der Waals surface area contributed by atoms with E-state index in [1.54, 1.807) is 0 Å². The molecule has 2 rings (SSSR count). The van der Waals surface area contributed by atoms with Gasteiger partial charge in [-0.25, -0.2) is 4.79 Å². The van der Waals surface area contributed by atoms with Gasteiger partial charge >= 0.3 is 6.03 Å². The monoisotopic (exact) mass is 305 g/mol. The molecule has 0 aliphatic carbocycles. The second-order valence-corrected chi connectivity index (χ2v) is 5.18. The molecule has 1 fully saturated rings. The van der Waals surface area contributed by atoms with E-state index in [4.69, 9.17) is 4.74 Å². The van der Waals surface area contributed by atoms with Gasteiger partial charge in [-0.3, -0.25) is 4.79 Å². The smallest absolute Gasteiger partial charge is 0.314 e. The second-order valence-electron chi connectivity index (χ2n) is 5.18. The van der Waals surface area contributed by atoms with Gasteiger partial charge in [-0.15, -0.1) is 0 Å². The Labute approximate surface area is 130 Å². The molecule has 0 aromatic heterocycles. The summed E-state index contributed by atoms with van der Waals surface area (Å²) in [5.74, 6) is 1.02. The number of benzene rings is 1. The Morgan fingerprint density at radius 3 is 2.68 bits per heavy atom. The van der Waals surface area contributed by atoms with Crippen molar-refractivity contribution in [2.45, 2.75) is 19.3 Å². The van der Waals surface area contributed by atoms with Gasteiger partial charge in [-0.2, -0.15) is 0 Å². The summed E-state index contributed by atoms with van der Waals surface area (Å²) in [4.78, 5) is 24.8. The molecule has 22 heavy (non-hydrogen) atoms. The first-order valence-corrected chi connectivity index (χ1v) is 7.73. The van der Waals surface area contributed by atoms with E-state index < -0.39 is 0 Å². The highest BCUT2D eigenvalue weighted by Gasteiger charge is 2.18. The van der Waals surface area contributed by atoms with Crippen LogP contribution in [-0.4, -0.2) is 49.6 Å². The van der Waals surface area contributed by atoms with Crippen molar-refractivity contribution >= 4 is 11.9 Å². The minimum absolute atomic E-state index is 0.204. The normalized spacial score (nSPS) is 14.0. The molecule has 0 atom stereocenters. The number of carbonyl (C=O) groups is 2. The molecule has 1 aromatic carbocycles. The molecule has 6 nitrogen and oxygen atoms in total. The lowest BCUT2D eigenvalue weighted by Gasteiger charge is -2.15. The van der Waals surface area contributed by atoms with E-state index in [9.17, 15) is 9.59 Å². The minimum Gasteiger partial charge on any atom is -0.492 e. The summed E-state index contributed by atoms with van der Waals surface area (Å²) in [6.07, 6.45) is 2.39. The molecule has 1 aromatic rings. The van der Waals surface area contributed by atoms with Crippen molar-refractivity contribution in [3.05, 3.63) is 30.3 Å². The van der Waals surface area contributed by atoms with Crippen LogP contribution in [0.4, 0.5) is 4.79 Å². The Balaban J connectivity index is 1.47. The van der Waals surface area contributed by atoms with E-state index in [0.717, 1.165) is 31.7 Å². The fourth-order valence-electron chi connectivity index (χ4n) is 2.32. The van der Waals surface area contributed by atoms with Crippen molar-refractivity contribution in [2.24, 2.45) is 0 Å². The molecule has 1 aliphatic heterocycles. The number of para-hydroxylation sites is 1. The van der Waals surface area contributed by atoms with E-state index >= 15 is 0 Å². The first kappa shape index (κ1) is 16.1. The Morgan fingerprint density at radius 1 is 1.18 bits per heavy atom. The van der Waals surface area contributed by atoms with Crippen molar-refractivity contribution in [1.82, 2.24) is 15.5 Å². The maximum Gasteiger partial charge on any atom is 0.314 e. The number of rotatable bonds is 8. The van der Waals surface area contributed by atoms with E-state index in [-0.39, 0.29) is 11.9 Å². The van der Waals surface area contributed by atoms with Crippen LogP contribution in [0, 0.1) is 0 Å². The predicted molar refractivity (Wildman–Crippen MR) is 83.8 cm³/mol. The van der Waals surface area contributed by atoms with Gasteiger partial charge in [0.15, 0.2) is 0 Å². The molecule has 0 spiro atoms. The quantitative estimate of drug-likeness (QED) is 0.713. The highest BCUT2D eigenvalue weighted by atomic mass is 16.5. The van der Waals surface area contributed by atoms with Crippen molar-refractivity contribution in [3.8, 4) is 5.75 Å². The van der Waals surface area contributed by atoms with Gasteiger partial charge in [-0.05, 0) is 25.0 Å². The summed E-state index contributed by atoms with van der Waals surface area (Å²) in [6.45, 7) is 3.01. The van der Waals surface area contributed by atoms with Crippen LogP contribution in [-0.2, 0) is 4.79 Å². The van der Waals surface area contributed by atoms with Gasteiger partial charge in [0.2, 0.25) is 5.91 Å². The van der Waals surface area contributed by atoms with E-state index in [0.29, 0.717) is 26.1 Å². The van der Waals surface area contributed by atoms with Gasteiger partial charge in [0, 0.05) is 26.1 Å². The highest BCUT2D eigenvalue weighted by Crippen LogP contribution is 2.09. The molecule has 0 radical (unpaired) electrons. The number of urea groups is 1. The Bertz CT molecular complexity index is 479. The van der Waals surface area contributed by atoms with Gasteiger partial charge in [0.1, 0.15) is 12.4 Å². The number of ether oxygens (including phenoxy) is 1. The van der Waals surface area contributed by atoms with Crippen LogP contribution in [0.5, 0.6) is 5.75 Å². The van der Waals surface area contributed by atoms with Gasteiger partial charge in [0.25, 0.3) is 0 Å². The van der Waals surface area contributed by atoms with Crippen LogP contribution in [0.1, 0.15) is 19.3 Å². The number of hydrogen-bond donors (Lipinski definition) is 2. The Hall–Kier alpha value is -2.24. The lowest BCUT2D eigenvalue weighted by atomic mass is 10.3. The van der Waals surface area contributed by atoms with Crippen LogP contribution in [0.15, 0.2) is 30.3 Å². The fraction of sp³-hybridized carbons (Fsp3) is 0.500. The third kappa shape index (κ3) is 5.63. The standard InChI is InChI=1S/C16H23N3O3/c20-15-8-4-11-19(15)12-5-9-17-16(21)18-10-13-22-14-6-2-1-3-7-14/h1-3,6-7H,4-5,8-13H2,(H2,17,18,21). The summed E-state index contributed by atoms with van der Waals surface area (Å²) >= 11 is 0. The van der Waals surface area contributed by atoms with Crippen LogP contribution in [0.2, 0.25) is 0 Å². The zero-order valence-electron chi connectivity index (χ0n) is 12.7. The first-order valence-electron chi connectivity index (χ1n) is 7.73. The maximum atomic E-state index is 11.6. The largest absolute Gasteiger partial charge is 0.492 e. The molecule has 3 amide bonds. The SMILES string of the molecule is O=C(NCCCN1CCCC1=O)NCCOc1ccccc1. The summed E-state index contributed by atoms with van der Waals surface area (Å²) in [7, 11) is 0. The predicted octanol–water partition coefficient (Wildman–Crippen LogP) is 1.38. The molecular weight excluding hydrogens is 282 g/mol. The zero-order valence-corrected chi connectivity index (χ0v) is 12.7. The third-order valence-electron chi connectivity index (χ3n) is 3.46. The van der Waals surface area contributed by atoms with Crippen molar-refractivity contribution in [2.75, 3.05) is 32.8 Å². The van der Waals surface area contributed by atoms with Gasteiger partial charge < -0.3 is 20.3 Å². The molecule has 0 saturated carbocycles. The summed E-state index contributed by atoms with van der Waals surface area (Å²) in [6, 6.07) is 9.28. The molecule has 0 unspecified atom stereocenters. The van der Waals surface area contributed by atoms with Crippen LogP contribution in [0.3, 0.4) is 0 Å². The maximum absolute atomic E-state index is 11.6. The molecular formula is C16H23N3O3. The molecule has 1 saturated heterocycles. The lowest BCUT2D eigenvalue weighted by molar-refractivity contribution is -0.127. The number of nitrogens with one attached hydrogen (secondary N) is 2. The molecule has 2 N–H and O–H groups in total. The number of amides is 3. The van der Waals surface area contributed by atoms with Crippen molar-refractivity contribution in [1.29, 1.82) is 0 Å². The first-order chi connectivity index (χ1) is 10.8. The zero-order chi connectivity index (χ0) is 15.6. The van der Waals surface area contributed by atoms with Crippen LogP contribution < -0.4 is 15.4 Å². The number of likely N-dealkylation sites (tertiary alicyclic amines) is 1. The molecule has 0 bridgehead atoms. The van der Waals surface area contributed by atoms with E-state index in [1.165, 1.54) is 0 Å². The van der Waals surface area contributed by atoms with Gasteiger partial charge in [-0.1, -0.05) is 18.2 Å². The van der Waals surface area contributed by atoms with E-state index in [2.05, 4.69) is 10.6 Å². The topological polar surface area (TPSA) is 70.7 Å². The lowest BCUT2D eigenvalue weighted by Crippen LogP contribution is -2.39. The Kier molecular flexibility index (Phi) is 6.54. The second kappa shape index (κ2) is 8.92. The summed E-state index contributed by atoms with van der Waals surface area (Å²) in [5.41, 5.74) is 0. The van der Waals surface area contributed by atoms with Crippen molar-refractivity contribution in [3.63, 3.8) is 0 Å². The number of hydrogen-bond acceptors (Lipinski definition) is 3. The summed E-state index contributed by atoms with van der Waals surface area (Å²) in [5, 5.41) is 5.51.